The fourth-order valence-electron chi connectivity index (χ4n) is 4.69. The van der Waals surface area contributed by atoms with E-state index >= 15 is 0 Å². The predicted octanol–water partition coefficient (Wildman–Crippen LogP) is 5.73. The SMILES string of the molecule is OCC(CN[C@H]1CC[C@@H](c2ccc(OCc3ccccc3)cc2)CC1)Cc1ccccc1. The van der Waals surface area contributed by atoms with Crippen LogP contribution in [0.5, 0.6) is 5.75 Å². The van der Waals surface area contributed by atoms with E-state index in [0.29, 0.717) is 18.6 Å². The Labute approximate surface area is 192 Å². The smallest absolute Gasteiger partial charge is 0.119 e. The van der Waals surface area contributed by atoms with E-state index in [1.54, 1.807) is 0 Å². The van der Waals surface area contributed by atoms with Crippen molar-refractivity contribution in [1.82, 2.24) is 5.32 Å². The Morgan fingerprint density at radius 3 is 2.03 bits per heavy atom. The Morgan fingerprint density at radius 1 is 0.781 bits per heavy atom. The maximum atomic E-state index is 9.78. The molecule has 0 amide bonds. The van der Waals surface area contributed by atoms with Crippen molar-refractivity contribution >= 4 is 0 Å². The van der Waals surface area contributed by atoms with Crippen LogP contribution < -0.4 is 10.1 Å². The normalized spacial score (nSPS) is 19.4. The maximum Gasteiger partial charge on any atom is 0.119 e. The summed E-state index contributed by atoms with van der Waals surface area (Å²) in [5, 5.41) is 13.5. The zero-order chi connectivity index (χ0) is 22.0. The van der Waals surface area contributed by atoms with Crippen LogP contribution in [0, 0.1) is 5.92 Å². The molecule has 1 fully saturated rings. The van der Waals surface area contributed by atoms with Crippen molar-refractivity contribution in [1.29, 1.82) is 0 Å². The second-order valence-electron chi connectivity index (χ2n) is 9.04. The van der Waals surface area contributed by atoms with Crippen molar-refractivity contribution in [2.75, 3.05) is 13.2 Å². The summed E-state index contributed by atoms with van der Waals surface area (Å²) in [4.78, 5) is 0. The van der Waals surface area contributed by atoms with Gasteiger partial charge in [-0.2, -0.15) is 0 Å². The van der Waals surface area contributed by atoms with Crippen LogP contribution in [0.3, 0.4) is 0 Å². The first-order valence-electron chi connectivity index (χ1n) is 11.9. The number of hydrogen-bond acceptors (Lipinski definition) is 3. The van der Waals surface area contributed by atoms with E-state index in [9.17, 15) is 5.11 Å². The molecule has 0 heterocycles. The van der Waals surface area contributed by atoms with Crippen LogP contribution in [-0.4, -0.2) is 24.3 Å². The van der Waals surface area contributed by atoms with Crippen molar-refractivity contribution in [3.63, 3.8) is 0 Å². The fraction of sp³-hybridized carbons (Fsp3) is 0.379. The Balaban J connectivity index is 1.19. The van der Waals surface area contributed by atoms with Gasteiger partial charge in [0.25, 0.3) is 0 Å². The third-order valence-corrected chi connectivity index (χ3v) is 6.65. The average Bonchev–Trinajstić information content (AvgIpc) is 2.87. The molecule has 0 aromatic heterocycles. The largest absolute Gasteiger partial charge is 0.489 e. The standard InChI is InChI=1S/C29H35NO2/c31-21-25(19-23-7-3-1-4-8-23)20-30-28-15-11-26(12-16-28)27-13-17-29(18-14-27)32-22-24-9-5-2-6-10-24/h1-10,13-14,17-18,25-26,28,30-31H,11-12,15-16,19-22H2/t25?,26-,28+. The molecule has 1 atom stereocenters. The van der Waals surface area contributed by atoms with Gasteiger partial charge >= 0.3 is 0 Å². The van der Waals surface area contributed by atoms with E-state index in [-0.39, 0.29) is 12.5 Å². The van der Waals surface area contributed by atoms with E-state index in [2.05, 4.69) is 66.0 Å². The van der Waals surface area contributed by atoms with Crippen molar-refractivity contribution in [2.24, 2.45) is 5.92 Å². The lowest BCUT2D eigenvalue weighted by molar-refractivity contribution is 0.212. The van der Waals surface area contributed by atoms with E-state index < -0.39 is 0 Å². The van der Waals surface area contributed by atoms with Gasteiger partial charge in [0.2, 0.25) is 0 Å². The van der Waals surface area contributed by atoms with Gasteiger partial charge in [-0.1, -0.05) is 72.8 Å². The van der Waals surface area contributed by atoms with Gasteiger partial charge in [0.05, 0.1) is 0 Å². The van der Waals surface area contributed by atoms with Crippen molar-refractivity contribution in [2.45, 2.75) is 50.7 Å². The molecule has 1 unspecified atom stereocenters. The van der Waals surface area contributed by atoms with Gasteiger partial charge in [-0.05, 0) is 72.8 Å². The lowest BCUT2D eigenvalue weighted by Gasteiger charge is -2.30. The van der Waals surface area contributed by atoms with E-state index in [4.69, 9.17) is 4.74 Å². The number of rotatable bonds is 10. The summed E-state index contributed by atoms with van der Waals surface area (Å²) in [6.07, 6.45) is 5.74. The molecule has 4 rings (SSSR count). The molecule has 0 saturated heterocycles. The lowest BCUT2D eigenvalue weighted by atomic mass is 9.81. The highest BCUT2D eigenvalue weighted by Crippen LogP contribution is 2.33. The van der Waals surface area contributed by atoms with Crippen molar-refractivity contribution < 1.29 is 9.84 Å². The van der Waals surface area contributed by atoms with Crippen LogP contribution in [0.2, 0.25) is 0 Å². The van der Waals surface area contributed by atoms with Crippen LogP contribution in [-0.2, 0) is 13.0 Å². The molecule has 1 aliphatic carbocycles. The van der Waals surface area contributed by atoms with Gasteiger partial charge in [-0.25, -0.2) is 0 Å². The lowest BCUT2D eigenvalue weighted by Crippen LogP contribution is -2.37. The van der Waals surface area contributed by atoms with Gasteiger partial charge in [0.15, 0.2) is 0 Å². The minimum absolute atomic E-state index is 0.232. The van der Waals surface area contributed by atoms with Crippen molar-refractivity contribution in [3.8, 4) is 5.75 Å². The number of aliphatic hydroxyl groups is 1. The quantitative estimate of drug-likeness (QED) is 0.432. The minimum atomic E-state index is 0.232. The van der Waals surface area contributed by atoms with Gasteiger partial charge in [-0.3, -0.25) is 0 Å². The van der Waals surface area contributed by atoms with Crippen LogP contribution in [0.4, 0.5) is 0 Å². The first-order chi connectivity index (χ1) is 15.8. The molecule has 0 aliphatic heterocycles. The van der Waals surface area contributed by atoms with Gasteiger partial charge in [-0.15, -0.1) is 0 Å². The zero-order valence-corrected chi connectivity index (χ0v) is 18.8. The number of nitrogens with one attached hydrogen (secondary N) is 1. The number of benzene rings is 3. The fourth-order valence-corrected chi connectivity index (χ4v) is 4.69. The molecule has 1 saturated carbocycles. The zero-order valence-electron chi connectivity index (χ0n) is 18.8. The second-order valence-corrected chi connectivity index (χ2v) is 9.04. The highest BCUT2D eigenvalue weighted by atomic mass is 16.5. The molecule has 3 heteroatoms. The first kappa shape index (κ1) is 22.6. The second kappa shape index (κ2) is 11.8. The molecule has 3 aromatic carbocycles. The molecule has 0 bridgehead atoms. The molecule has 32 heavy (non-hydrogen) atoms. The van der Waals surface area contributed by atoms with E-state index in [0.717, 1.165) is 18.7 Å². The average molecular weight is 430 g/mol. The monoisotopic (exact) mass is 429 g/mol. The molecule has 0 radical (unpaired) electrons. The maximum absolute atomic E-state index is 9.78. The molecule has 3 aromatic rings. The van der Waals surface area contributed by atoms with Crippen LogP contribution in [0.1, 0.15) is 48.3 Å². The Morgan fingerprint density at radius 2 is 1.41 bits per heavy atom. The Hall–Kier alpha value is -2.62. The summed E-state index contributed by atoms with van der Waals surface area (Å²) in [7, 11) is 0. The Bertz CT molecular complexity index is 903. The van der Waals surface area contributed by atoms with Crippen molar-refractivity contribution in [3.05, 3.63) is 102 Å². The topological polar surface area (TPSA) is 41.5 Å². The van der Waals surface area contributed by atoms with Crippen LogP contribution in [0.15, 0.2) is 84.9 Å². The van der Waals surface area contributed by atoms with Crippen LogP contribution >= 0.6 is 0 Å². The number of aliphatic hydroxyl groups excluding tert-OH is 1. The summed E-state index contributed by atoms with van der Waals surface area (Å²) in [6.45, 7) is 1.72. The molecule has 0 spiro atoms. The highest BCUT2D eigenvalue weighted by molar-refractivity contribution is 5.30. The molecule has 3 nitrogen and oxygen atoms in total. The predicted molar refractivity (Wildman–Crippen MR) is 131 cm³/mol. The van der Waals surface area contributed by atoms with Crippen LogP contribution in [0.25, 0.3) is 0 Å². The highest BCUT2D eigenvalue weighted by Gasteiger charge is 2.23. The third-order valence-electron chi connectivity index (χ3n) is 6.65. The first-order valence-corrected chi connectivity index (χ1v) is 11.9. The third kappa shape index (κ3) is 6.69. The summed E-state index contributed by atoms with van der Waals surface area (Å²) >= 11 is 0. The molecule has 2 N–H and O–H groups in total. The Kier molecular flexibility index (Phi) is 8.35. The summed E-state index contributed by atoms with van der Waals surface area (Å²) in [5.74, 6) is 1.84. The molecular weight excluding hydrogens is 394 g/mol. The number of hydrogen-bond donors (Lipinski definition) is 2. The summed E-state index contributed by atoms with van der Waals surface area (Å²) in [5.41, 5.74) is 3.91. The molecule has 168 valence electrons. The van der Waals surface area contributed by atoms with E-state index in [1.165, 1.54) is 42.4 Å². The number of ether oxygens (including phenoxy) is 1. The van der Waals surface area contributed by atoms with Gasteiger partial charge in [0.1, 0.15) is 12.4 Å². The van der Waals surface area contributed by atoms with Gasteiger partial charge < -0.3 is 15.2 Å². The summed E-state index contributed by atoms with van der Waals surface area (Å²) < 4.78 is 5.93. The minimum Gasteiger partial charge on any atom is -0.489 e. The van der Waals surface area contributed by atoms with Gasteiger partial charge in [0, 0.05) is 19.2 Å². The summed E-state index contributed by atoms with van der Waals surface area (Å²) in [6, 6.07) is 30.0. The van der Waals surface area contributed by atoms with E-state index in [1.807, 2.05) is 24.3 Å². The molecular formula is C29H35NO2. The molecule has 1 aliphatic rings.